The molecule has 6 aliphatic rings. The molecular weight excluding hydrogens is 591 g/mol. The molecule has 4 saturated carbocycles. The average molecular weight is 632 g/mol. The zero-order valence-electron chi connectivity index (χ0n) is 28.4. The van der Waals surface area contributed by atoms with Crippen molar-refractivity contribution in [1.82, 2.24) is 0 Å². The maximum absolute atomic E-state index is 2.60. The molecule has 1 spiro atoms. The molecule has 6 aliphatic carbocycles. The van der Waals surface area contributed by atoms with Gasteiger partial charge in [-0.25, -0.2) is 0 Å². The van der Waals surface area contributed by atoms with Gasteiger partial charge < -0.3 is 4.90 Å². The first-order valence-corrected chi connectivity index (χ1v) is 18.5. The van der Waals surface area contributed by atoms with Gasteiger partial charge in [-0.1, -0.05) is 111 Å². The van der Waals surface area contributed by atoms with Gasteiger partial charge in [0.2, 0.25) is 0 Å². The summed E-state index contributed by atoms with van der Waals surface area (Å²) in [5.74, 6) is 3.33. The standard InChI is InChI=1S/C48H41N/c1-47(2)42-16-10-9-15-38(42)39-21-18-37(29-45(39)47)49(35-13-7-4-8-14-35)36-19-22-43-41(28-36)40-20-17-32(31-11-5-3-6-12-31)27-46(40)48(43)34-24-30-23-33(26-34)44(48)25-30/h3-22,27-30,33-34,44H,23-26H2,1-2H3. The largest absolute Gasteiger partial charge is 0.310 e. The van der Waals surface area contributed by atoms with Crippen LogP contribution in [0, 0.1) is 23.7 Å². The van der Waals surface area contributed by atoms with Crippen molar-refractivity contribution >= 4 is 17.1 Å². The summed E-state index contributed by atoms with van der Waals surface area (Å²) in [7, 11) is 0. The van der Waals surface area contributed by atoms with Crippen LogP contribution in [-0.4, -0.2) is 0 Å². The van der Waals surface area contributed by atoms with E-state index in [2.05, 4.69) is 158 Å². The molecule has 1 heteroatoms. The number of nitrogens with zero attached hydrogens (tertiary/aromatic N) is 1. The average Bonchev–Trinajstić information content (AvgIpc) is 3.76. The molecule has 6 aromatic carbocycles. The Balaban J connectivity index is 1.11. The van der Waals surface area contributed by atoms with Gasteiger partial charge in [0, 0.05) is 27.9 Å². The van der Waals surface area contributed by atoms with Crippen LogP contribution in [0.4, 0.5) is 17.1 Å². The highest BCUT2D eigenvalue weighted by atomic mass is 15.1. The molecule has 238 valence electrons. The fourth-order valence-electron chi connectivity index (χ4n) is 11.8. The van der Waals surface area contributed by atoms with Crippen LogP contribution in [0.3, 0.4) is 0 Å². The number of hydrogen-bond donors (Lipinski definition) is 0. The van der Waals surface area contributed by atoms with Gasteiger partial charge >= 0.3 is 0 Å². The summed E-state index contributed by atoms with van der Waals surface area (Å²) >= 11 is 0. The molecule has 0 saturated heterocycles. The lowest BCUT2D eigenvalue weighted by molar-refractivity contribution is 0.191. The Hall–Kier alpha value is -4.88. The van der Waals surface area contributed by atoms with Gasteiger partial charge in [0.15, 0.2) is 0 Å². The highest BCUT2D eigenvalue weighted by molar-refractivity contribution is 5.90. The molecule has 4 fully saturated rings. The van der Waals surface area contributed by atoms with Gasteiger partial charge in [-0.15, -0.1) is 0 Å². The fourth-order valence-corrected chi connectivity index (χ4v) is 11.8. The topological polar surface area (TPSA) is 3.24 Å². The van der Waals surface area contributed by atoms with Crippen LogP contribution in [0.1, 0.15) is 61.8 Å². The van der Waals surface area contributed by atoms with Crippen molar-refractivity contribution in [2.75, 3.05) is 4.90 Å². The highest BCUT2D eigenvalue weighted by Gasteiger charge is 2.66. The van der Waals surface area contributed by atoms with Crippen molar-refractivity contribution < 1.29 is 0 Å². The van der Waals surface area contributed by atoms with Crippen molar-refractivity contribution in [1.29, 1.82) is 0 Å². The Labute approximate surface area is 290 Å². The highest BCUT2D eigenvalue weighted by Crippen LogP contribution is 2.73. The van der Waals surface area contributed by atoms with Crippen LogP contribution in [0.25, 0.3) is 33.4 Å². The Kier molecular flexibility index (Phi) is 5.63. The van der Waals surface area contributed by atoms with Crippen LogP contribution >= 0.6 is 0 Å². The Morgan fingerprint density at radius 1 is 0.469 bits per heavy atom. The van der Waals surface area contributed by atoms with Crippen molar-refractivity contribution in [3.63, 3.8) is 0 Å². The summed E-state index contributed by atoms with van der Waals surface area (Å²) in [5.41, 5.74) is 18.1. The van der Waals surface area contributed by atoms with Gasteiger partial charge in [0.05, 0.1) is 0 Å². The third-order valence-electron chi connectivity index (χ3n) is 13.6. The normalized spacial score (nSPS) is 25.7. The lowest BCUT2D eigenvalue weighted by Crippen LogP contribution is -2.40. The van der Waals surface area contributed by atoms with E-state index in [0.717, 1.165) is 23.7 Å². The predicted molar refractivity (Wildman–Crippen MR) is 203 cm³/mol. The van der Waals surface area contributed by atoms with Crippen LogP contribution in [0.15, 0.2) is 140 Å². The minimum atomic E-state index is -0.0507. The quantitative estimate of drug-likeness (QED) is 0.187. The van der Waals surface area contributed by atoms with Crippen molar-refractivity contribution in [3.8, 4) is 33.4 Å². The Morgan fingerprint density at radius 3 is 2.00 bits per heavy atom. The number of para-hydroxylation sites is 1. The monoisotopic (exact) mass is 631 g/mol. The van der Waals surface area contributed by atoms with E-state index in [9.17, 15) is 0 Å². The first-order chi connectivity index (χ1) is 24.0. The summed E-state index contributed by atoms with van der Waals surface area (Å²) in [5, 5.41) is 0. The predicted octanol–water partition coefficient (Wildman–Crippen LogP) is 12.5. The number of rotatable bonds is 4. The van der Waals surface area contributed by atoms with Crippen LogP contribution in [-0.2, 0) is 10.8 Å². The lowest BCUT2D eigenvalue weighted by Gasteiger charge is -2.44. The van der Waals surface area contributed by atoms with Gasteiger partial charge in [-0.2, -0.15) is 0 Å². The zero-order valence-corrected chi connectivity index (χ0v) is 28.4. The van der Waals surface area contributed by atoms with Gasteiger partial charge in [0.1, 0.15) is 0 Å². The summed E-state index contributed by atoms with van der Waals surface area (Å²) in [6.07, 6.45) is 5.65. The summed E-state index contributed by atoms with van der Waals surface area (Å²) in [6, 6.07) is 53.1. The van der Waals surface area contributed by atoms with Gasteiger partial charge in [-0.3, -0.25) is 0 Å². The minimum Gasteiger partial charge on any atom is -0.310 e. The SMILES string of the molecule is CC1(C)c2ccccc2-c2ccc(N(c3ccccc3)c3ccc4c(c3)-c3ccc(-c5ccccc5)cc3C43C4CC5CC(C4)C3C5)cc21. The molecule has 5 atom stereocenters. The van der Waals surface area contributed by atoms with Crippen molar-refractivity contribution in [2.45, 2.75) is 50.4 Å². The van der Waals surface area contributed by atoms with E-state index < -0.39 is 0 Å². The van der Waals surface area contributed by atoms with Gasteiger partial charge in [0.25, 0.3) is 0 Å². The molecular formula is C48H41N. The third-order valence-corrected chi connectivity index (χ3v) is 13.6. The van der Waals surface area contributed by atoms with E-state index in [-0.39, 0.29) is 10.8 Å². The van der Waals surface area contributed by atoms with E-state index in [0.29, 0.717) is 0 Å². The first-order valence-electron chi connectivity index (χ1n) is 18.5. The minimum absolute atomic E-state index is 0.0507. The molecule has 0 amide bonds. The Bertz CT molecular complexity index is 2290. The molecule has 0 radical (unpaired) electrons. The maximum Gasteiger partial charge on any atom is 0.0468 e. The number of anilines is 3. The van der Waals surface area contributed by atoms with Crippen LogP contribution in [0.2, 0.25) is 0 Å². The third kappa shape index (κ3) is 3.66. The van der Waals surface area contributed by atoms with Crippen LogP contribution in [0.5, 0.6) is 0 Å². The summed E-state index contributed by atoms with van der Waals surface area (Å²) in [4.78, 5) is 2.50. The molecule has 1 nitrogen and oxygen atoms in total. The smallest absolute Gasteiger partial charge is 0.0468 e. The molecule has 12 rings (SSSR count). The zero-order chi connectivity index (χ0) is 32.5. The second-order valence-electron chi connectivity index (χ2n) is 16.2. The maximum atomic E-state index is 2.60. The van der Waals surface area contributed by atoms with E-state index in [4.69, 9.17) is 0 Å². The molecule has 0 aliphatic heterocycles. The lowest BCUT2D eigenvalue weighted by atomic mass is 9.59. The van der Waals surface area contributed by atoms with E-state index in [1.165, 1.54) is 87.3 Å². The molecule has 0 N–H and O–H groups in total. The number of fused-ring (bicyclic) bond motifs is 6. The molecule has 0 heterocycles. The van der Waals surface area contributed by atoms with Gasteiger partial charge in [-0.05, 0) is 147 Å². The van der Waals surface area contributed by atoms with E-state index in [1.807, 2.05) is 0 Å². The second-order valence-corrected chi connectivity index (χ2v) is 16.2. The second kappa shape index (κ2) is 9.85. The first kappa shape index (κ1) is 28.0. The number of benzene rings is 6. The Morgan fingerprint density at radius 2 is 1.16 bits per heavy atom. The molecule has 6 aromatic rings. The summed E-state index contributed by atoms with van der Waals surface area (Å²) < 4.78 is 0. The van der Waals surface area contributed by atoms with Crippen molar-refractivity contribution in [2.24, 2.45) is 23.7 Å². The molecule has 5 unspecified atom stereocenters. The van der Waals surface area contributed by atoms with Crippen molar-refractivity contribution in [3.05, 3.63) is 162 Å². The molecule has 0 aromatic heterocycles. The van der Waals surface area contributed by atoms with Crippen LogP contribution < -0.4 is 4.90 Å². The molecule has 4 bridgehead atoms. The summed E-state index contributed by atoms with van der Waals surface area (Å²) in [6.45, 7) is 4.76. The van der Waals surface area contributed by atoms with E-state index in [1.54, 1.807) is 11.1 Å². The fraction of sp³-hybridized carbons (Fsp3) is 0.250. The number of hydrogen-bond acceptors (Lipinski definition) is 1. The molecule has 49 heavy (non-hydrogen) atoms. The van der Waals surface area contributed by atoms with E-state index >= 15 is 0 Å².